The fourth-order valence-corrected chi connectivity index (χ4v) is 2.88. The summed E-state index contributed by atoms with van der Waals surface area (Å²) in [6.45, 7) is -0.458. The van der Waals surface area contributed by atoms with Crippen LogP contribution in [0.3, 0.4) is 0 Å². The van der Waals surface area contributed by atoms with Crippen molar-refractivity contribution in [3.05, 3.63) is 18.2 Å². The van der Waals surface area contributed by atoms with E-state index >= 15 is 0 Å². The highest BCUT2D eigenvalue weighted by Crippen LogP contribution is 2.02. The van der Waals surface area contributed by atoms with Crippen molar-refractivity contribution < 1.29 is 34.2 Å². The molecule has 0 spiro atoms. The van der Waals surface area contributed by atoms with Gasteiger partial charge in [0.1, 0.15) is 18.1 Å². The fourth-order valence-electron chi connectivity index (χ4n) is 2.88. The van der Waals surface area contributed by atoms with Crippen LogP contribution in [0.15, 0.2) is 12.5 Å². The van der Waals surface area contributed by atoms with E-state index in [0.717, 1.165) is 0 Å². The van der Waals surface area contributed by atoms with Gasteiger partial charge < -0.3 is 48.3 Å². The number of aromatic nitrogens is 2. The SMILES string of the molecule is NCCCCC(N)C(=O)NC(CC(N)=O)C(=O)NC(CO)C(=O)NC(Cc1cnc[nH]1)C(=O)O. The van der Waals surface area contributed by atoms with Crippen LogP contribution in [0, 0.1) is 0 Å². The molecule has 0 radical (unpaired) electrons. The van der Waals surface area contributed by atoms with E-state index < -0.39 is 66.8 Å². The van der Waals surface area contributed by atoms with Crippen molar-refractivity contribution in [2.45, 2.75) is 56.3 Å². The Labute approximate surface area is 195 Å². The molecule has 15 heteroatoms. The molecule has 0 aliphatic carbocycles. The van der Waals surface area contributed by atoms with Gasteiger partial charge in [0.2, 0.25) is 23.6 Å². The number of amides is 4. The van der Waals surface area contributed by atoms with Gasteiger partial charge in [-0.05, 0) is 19.4 Å². The molecule has 0 aliphatic rings. The second-order valence-corrected chi connectivity index (χ2v) is 7.55. The Morgan fingerprint density at radius 3 is 2.15 bits per heavy atom. The Morgan fingerprint density at radius 2 is 1.62 bits per heavy atom. The number of carbonyl (C=O) groups excluding carboxylic acids is 4. The number of carboxylic acids is 1. The van der Waals surface area contributed by atoms with Gasteiger partial charge in [-0.2, -0.15) is 0 Å². The van der Waals surface area contributed by atoms with Crippen LogP contribution in [-0.4, -0.2) is 87.1 Å². The first-order valence-electron chi connectivity index (χ1n) is 10.5. The summed E-state index contributed by atoms with van der Waals surface area (Å²) in [4.78, 5) is 66.7. The van der Waals surface area contributed by atoms with Crippen LogP contribution in [0.4, 0.5) is 0 Å². The number of H-pyrrole nitrogens is 1. The number of nitrogens with one attached hydrogen (secondary N) is 4. The third-order valence-corrected chi connectivity index (χ3v) is 4.75. The number of carbonyl (C=O) groups is 5. The van der Waals surface area contributed by atoms with Gasteiger partial charge in [-0.15, -0.1) is 0 Å². The number of primary amides is 1. The van der Waals surface area contributed by atoms with Crippen molar-refractivity contribution in [1.82, 2.24) is 25.9 Å². The molecule has 190 valence electrons. The summed E-state index contributed by atoms with van der Waals surface area (Å²) in [6, 6.07) is -5.38. The maximum atomic E-state index is 12.6. The van der Waals surface area contributed by atoms with Crippen molar-refractivity contribution in [2.75, 3.05) is 13.2 Å². The molecule has 0 aromatic carbocycles. The first-order chi connectivity index (χ1) is 16.1. The van der Waals surface area contributed by atoms with E-state index in [0.29, 0.717) is 31.5 Å². The van der Waals surface area contributed by atoms with Crippen molar-refractivity contribution in [2.24, 2.45) is 17.2 Å². The van der Waals surface area contributed by atoms with Gasteiger partial charge in [0, 0.05) is 18.3 Å². The van der Waals surface area contributed by atoms with Crippen LogP contribution < -0.4 is 33.2 Å². The predicted molar refractivity (Wildman–Crippen MR) is 117 cm³/mol. The number of unbranched alkanes of at least 4 members (excludes halogenated alkanes) is 1. The van der Waals surface area contributed by atoms with Gasteiger partial charge in [-0.1, -0.05) is 6.42 Å². The Hall–Kier alpha value is -3.56. The first kappa shape index (κ1) is 28.5. The molecule has 15 nitrogen and oxygen atoms in total. The smallest absolute Gasteiger partial charge is 0.326 e. The zero-order chi connectivity index (χ0) is 25.7. The van der Waals surface area contributed by atoms with Crippen molar-refractivity contribution >= 4 is 29.6 Å². The highest BCUT2D eigenvalue weighted by molar-refractivity contribution is 5.96. The van der Waals surface area contributed by atoms with Gasteiger partial charge in [0.15, 0.2) is 0 Å². The molecular weight excluding hydrogens is 452 g/mol. The number of nitrogens with two attached hydrogens (primary N) is 3. The molecular formula is C19H32N8O7. The quantitative estimate of drug-likeness (QED) is 0.102. The topological polar surface area (TPSA) is 269 Å². The summed E-state index contributed by atoms with van der Waals surface area (Å²) in [5.41, 5.74) is 16.8. The molecule has 0 aliphatic heterocycles. The number of aromatic amines is 1. The second kappa shape index (κ2) is 14.6. The van der Waals surface area contributed by atoms with E-state index in [2.05, 4.69) is 25.9 Å². The molecule has 1 aromatic heterocycles. The molecule has 4 amide bonds. The van der Waals surface area contributed by atoms with Crippen LogP contribution in [0.2, 0.25) is 0 Å². The molecule has 34 heavy (non-hydrogen) atoms. The summed E-state index contributed by atoms with van der Waals surface area (Å²) in [6.07, 6.45) is 3.52. The van der Waals surface area contributed by atoms with Crippen molar-refractivity contribution in [3.63, 3.8) is 0 Å². The van der Waals surface area contributed by atoms with Gasteiger partial charge >= 0.3 is 5.97 Å². The lowest BCUT2D eigenvalue weighted by Crippen LogP contribution is -2.58. The highest BCUT2D eigenvalue weighted by Gasteiger charge is 2.31. The summed E-state index contributed by atoms with van der Waals surface area (Å²) < 4.78 is 0. The molecule has 1 rings (SSSR count). The number of carboxylic acid groups (broad SMARTS) is 1. The summed E-state index contributed by atoms with van der Waals surface area (Å²) >= 11 is 0. The standard InChI is InChI=1S/C19H32N8O7/c20-4-2-1-3-11(21)16(30)25-12(6-15(22)29)17(31)27-14(8-28)18(32)26-13(19(33)34)5-10-7-23-9-24-10/h7,9,11-14,28H,1-6,8,20-21H2,(H2,22,29)(H,23,24)(H,25,30)(H,26,32)(H,27,31)(H,33,34). The van der Waals surface area contributed by atoms with E-state index in [-0.39, 0.29) is 6.42 Å². The Kier molecular flexibility index (Phi) is 12.2. The van der Waals surface area contributed by atoms with E-state index in [9.17, 15) is 34.2 Å². The lowest BCUT2D eigenvalue weighted by molar-refractivity contribution is -0.142. The van der Waals surface area contributed by atoms with Crippen LogP contribution in [0.1, 0.15) is 31.4 Å². The van der Waals surface area contributed by atoms with E-state index in [1.54, 1.807) is 0 Å². The van der Waals surface area contributed by atoms with Crippen LogP contribution in [0.25, 0.3) is 0 Å². The van der Waals surface area contributed by atoms with Gasteiger partial charge in [0.25, 0.3) is 0 Å². The van der Waals surface area contributed by atoms with Crippen molar-refractivity contribution in [1.29, 1.82) is 0 Å². The van der Waals surface area contributed by atoms with Crippen LogP contribution in [-0.2, 0) is 30.4 Å². The van der Waals surface area contributed by atoms with Crippen LogP contribution in [0.5, 0.6) is 0 Å². The average Bonchev–Trinajstić information content (AvgIpc) is 3.29. The number of aliphatic hydroxyl groups is 1. The van der Waals surface area contributed by atoms with Crippen LogP contribution >= 0.6 is 0 Å². The lowest BCUT2D eigenvalue weighted by atomic mass is 10.1. The monoisotopic (exact) mass is 484 g/mol. The third kappa shape index (κ3) is 9.93. The Balaban J connectivity index is 2.80. The lowest BCUT2D eigenvalue weighted by Gasteiger charge is -2.23. The maximum Gasteiger partial charge on any atom is 0.326 e. The Morgan fingerprint density at radius 1 is 1.00 bits per heavy atom. The fraction of sp³-hybridized carbons (Fsp3) is 0.579. The van der Waals surface area contributed by atoms with Gasteiger partial charge in [0.05, 0.1) is 25.4 Å². The number of hydrogen-bond acceptors (Lipinski definition) is 9. The molecule has 4 unspecified atom stereocenters. The van der Waals surface area contributed by atoms with Gasteiger partial charge in [-0.25, -0.2) is 9.78 Å². The predicted octanol–water partition coefficient (Wildman–Crippen LogP) is -4.18. The highest BCUT2D eigenvalue weighted by atomic mass is 16.4. The summed E-state index contributed by atoms with van der Waals surface area (Å²) in [5, 5.41) is 25.6. The normalized spacial score (nSPS) is 14.3. The molecule has 0 saturated heterocycles. The zero-order valence-corrected chi connectivity index (χ0v) is 18.5. The number of imidazole rings is 1. The molecule has 4 atom stereocenters. The number of nitrogens with zero attached hydrogens (tertiary/aromatic N) is 1. The minimum atomic E-state index is -1.57. The second-order valence-electron chi connectivity index (χ2n) is 7.55. The molecule has 12 N–H and O–H groups in total. The van der Waals surface area contributed by atoms with E-state index in [1.807, 2.05) is 0 Å². The largest absolute Gasteiger partial charge is 0.480 e. The third-order valence-electron chi connectivity index (χ3n) is 4.75. The molecule has 1 aromatic rings. The maximum absolute atomic E-state index is 12.6. The van der Waals surface area contributed by atoms with E-state index in [1.165, 1.54) is 12.5 Å². The Bertz CT molecular complexity index is 833. The molecule has 0 bridgehead atoms. The molecule has 0 fully saturated rings. The summed E-state index contributed by atoms with van der Waals surface area (Å²) in [7, 11) is 0. The minimum absolute atomic E-state index is 0.129. The molecule has 0 saturated carbocycles. The minimum Gasteiger partial charge on any atom is -0.480 e. The van der Waals surface area contributed by atoms with Gasteiger partial charge in [-0.3, -0.25) is 19.2 Å². The number of hydrogen-bond donors (Lipinski definition) is 9. The van der Waals surface area contributed by atoms with E-state index in [4.69, 9.17) is 17.2 Å². The number of rotatable bonds is 16. The molecule has 1 heterocycles. The van der Waals surface area contributed by atoms with Crippen molar-refractivity contribution in [3.8, 4) is 0 Å². The zero-order valence-electron chi connectivity index (χ0n) is 18.5. The summed E-state index contributed by atoms with van der Waals surface area (Å²) in [5.74, 6) is -4.96. The number of aliphatic carboxylic acids is 1. The average molecular weight is 485 g/mol. The number of aliphatic hydroxyl groups excluding tert-OH is 1. The first-order valence-corrected chi connectivity index (χ1v) is 10.5.